The molecule has 1 amide bonds. The number of carbonyl (C=O) groups excluding carboxylic acids is 2. The van der Waals surface area contributed by atoms with E-state index in [1.165, 1.54) is 0 Å². The third-order valence-corrected chi connectivity index (χ3v) is 5.43. The highest BCUT2D eigenvalue weighted by Gasteiger charge is 2.32. The minimum atomic E-state index is -0.503. The summed E-state index contributed by atoms with van der Waals surface area (Å²) in [6.07, 6.45) is 7.30. The molecule has 0 saturated heterocycles. The summed E-state index contributed by atoms with van der Waals surface area (Å²) in [5.74, 6) is 1.53. The van der Waals surface area contributed by atoms with Crippen molar-refractivity contribution in [2.75, 3.05) is 0 Å². The summed E-state index contributed by atoms with van der Waals surface area (Å²) in [4.78, 5) is 24.4. The highest BCUT2D eigenvalue weighted by Crippen LogP contribution is 2.34. The fourth-order valence-corrected chi connectivity index (χ4v) is 3.95. The topological polar surface area (TPSA) is 85.6 Å². The first kappa shape index (κ1) is 18.9. The van der Waals surface area contributed by atoms with E-state index in [2.05, 4.69) is 15.5 Å². The average molecular weight is 384 g/mol. The maximum atomic E-state index is 12.3. The molecule has 2 aliphatic carbocycles. The number of fused-ring (bicyclic) bond motifs is 1. The molecule has 0 bridgehead atoms. The van der Waals surface area contributed by atoms with Crippen molar-refractivity contribution in [3.63, 3.8) is 0 Å². The van der Waals surface area contributed by atoms with E-state index in [-0.39, 0.29) is 29.8 Å². The molecule has 0 aromatic carbocycles. The summed E-state index contributed by atoms with van der Waals surface area (Å²) in [6, 6.07) is 3.78. The second kappa shape index (κ2) is 7.18. The van der Waals surface area contributed by atoms with Gasteiger partial charge in [-0.1, -0.05) is 6.42 Å². The Balaban J connectivity index is 1.46. The number of hydrogen-bond donors (Lipinski definition) is 1. The van der Waals surface area contributed by atoms with Crippen LogP contribution in [0.25, 0.3) is 5.65 Å². The standard InChI is InChI=1S/C21H28N4O3/c1-21(2,3)28-20(27)22-16-6-4-5-15(11-16)19-24-23-17-12-14(9-10-25(17)19)18(26)13-7-8-13/h9-10,12-13,15-16H,4-8,11H2,1-3H3,(H,22,27)/t15-,16+/m0/s1. The van der Waals surface area contributed by atoms with Crippen molar-refractivity contribution in [1.82, 2.24) is 19.9 Å². The van der Waals surface area contributed by atoms with Crippen molar-refractivity contribution in [3.05, 3.63) is 29.7 Å². The van der Waals surface area contributed by atoms with Crippen LogP contribution in [0.3, 0.4) is 0 Å². The van der Waals surface area contributed by atoms with Crippen LogP contribution in [0, 0.1) is 5.92 Å². The van der Waals surface area contributed by atoms with E-state index < -0.39 is 5.60 Å². The number of alkyl carbamates (subject to hydrolysis) is 1. The van der Waals surface area contributed by atoms with Crippen molar-refractivity contribution in [1.29, 1.82) is 0 Å². The number of nitrogens with one attached hydrogen (secondary N) is 1. The molecule has 7 nitrogen and oxygen atoms in total. The molecular weight excluding hydrogens is 356 g/mol. The van der Waals surface area contributed by atoms with Crippen LogP contribution >= 0.6 is 0 Å². The summed E-state index contributed by atoms with van der Waals surface area (Å²) in [7, 11) is 0. The van der Waals surface area contributed by atoms with Gasteiger partial charge in [0.2, 0.25) is 0 Å². The largest absolute Gasteiger partial charge is 0.444 e. The molecule has 2 heterocycles. The number of ether oxygens (including phenoxy) is 1. The number of pyridine rings is 1. The summed E-state index contributed by atoms with van der Waals surface area (Å²) in [5.41, 5.74) is 0.933. The Labute approximate surface area is 164 Å². The Bertz CT molecular complexity index is 895. The Morgan fingerprint density at radius 1 is 1.18 bits per heavy atom. The van der Waals surface area contributed by atoms with Gasteiger partial charge in [0.1, 0.15) is 11.4 Å². The van der Waals surface area contributed by atoms with Gasteiger partial charge in [0.25, 0.3) is 0 Å². The number of ketones is 1. The van der Waals surface area contributed by atoms with E-state index in [9.17, 15) is 9.59 Å². The Morgan fingerprint density at radius 3 is 2.68 bits per heavy atom. The van der Waals surface area contributed by atoms with Crippen LogP contribution in [0.5, 0.6) is 0 Å². The molecule has 2 saturated carbocycles. The normalized spacial score (nSPS) is 22.8. The summed E-state index contributed by atoms with van der Waals surface area (Å²) >= 11 is 0. The van der Waals surface area contributed by atoms with Gasteiger partial charge in [-0.3, -0.25) is 9.20 Å². The molecule has 7 heteroatoms. The molecule has 28 heavy (non-hydrogen) atoms. The minimum Gasteiger partial charge on any atom is -0.444 e. The van der Waals surface area contributed by atoms with Gasteiger partial charge in [0, 0.05) is 29.6 Å². The van der Waals surface area contributed by atoms with E-state index in [4.69, 9.17) is 4.74 Å². The molecule has 0 aliphatic heterocycles. The molecule has 0 unspecified atom stereocenters. The third kappa shape index (κ3) is 4.18. The fraction of sp³-hybridized carbons (Fsp3) is 0.619. The lowest BCUT2D eigenvalue weighted by molar-refractivity contribution is 0.0489. The Kier molecular flexibility index (Phi) is 4.85. The van der Waals surface area contributed by atoms with Gasteiger partial charge in [0.15, 0.2) is 11.4 Å². The molecule has 2 aromatic heterocycles. The van der Waals surface area contributed by atoms with Crippen molar-refractivity contribution >= 4 is 17.5 Å². The molecular formula is C21H28N4O3. The van der Waals surface area contributed by atoms with Gasteiger partial charge in [0.05, 0.1) is 0 Å². The third-order valence-electron chi connectivity index (χ3n) is 5.43. The van der Waals surface area contributed by atoms with E-state index >= 15 is 0 Å². The molecule has 2 fully saturated rings. The van der Waals surface area contributed by atoms with Gasteiger partial charge in [-0.2, -0.15) is 0 Å². The minimum absolute atomic E-state index is 0.0664. The monoisotopic (exact) mass is 384 g/mol. The second-order valence-corrected chi connectivity index (χ2v) is 9.05. The zero-order valence-electron chi connectivity index (χ0n) is 16.8. The molecule has 2 aliphatic rings. The molecule has 0 spiro atoms. The summed E-state index contributed by atoms with van der Waals surface area (Å²) < 4.78 is 7.36. The van der Waals surface area contributed by atoms with Gasteiger partial charge in [-0.15, -0.1) is 10.2 Å². The number of Topliss-reactive ketones (excluding diaryl/α,β-unsaturated/α-hetero) is 1. The number of aromatic nitrogens is 3. The van der Waals surface area contributed by atoms with Crippen molar-refractivity contribution in [3.8, 4) is 0 Å². The van der Waals surface area contributed by atoms with Gasteiger partial charge in [-0.25, -0.2) is 4.79 Å². The lowest BCUT2D eigenvalue weighted by atomic mass is 9.85. The predicted molar refractivity (Wildman–Crippen MR) is 104 cm³/mol. The predicted octanol–water partition coefficient (Wildman–Crippen LogP) is 3.87. The maximum absolute atomic E-state index is 12.3. The maximum Gasteiger partial charge on any atom is 0.407 e. The highest BCUT2D eigenvalue weighted by molar-refractivity contribution is 5.99. The van der Waals surface area contributed by atoms with Crippen molar-refractivity contribution < 1.29 is 14.3 Å². The smallest absolute Gasteiger partial charge is 0.407 e. The molecule has 2 atom stereocenters. The lowest BCUT2D eigenvalue weighted by Crippen LogP contribution is -2.41. The quantitative estimate of drug-likeness (QED) is 0.809. The second-order valence-electron chi connectivity index (χ2n) is 9.05. The zero-order valence-corrected chi connectivity index (χ0v) is 16.8. The Morgan fingerprint density at radius 2 is 1.96 bits per heavy atom. The van der Waals surface area contributed by atoms with Crippen LogP contribution < -0.4 is 5.32 Å². The van der Waals surface area contributed by atoms with Crippen molar-refractivity contribution in [2.24, 2.45) is 5.92 Å². The number of nitrogens with zero attached hydrogens (tertiary/aromatic N) is 3. The number of rotatable bonds is 4. The fourth-order valence-electron chi connectivity index (χ4n) is 3.95. The lowest BCUT2D eigenvalue weighted by Gasteiger charge is -2.30. The molecule has 150 valence electrons. The first-order valence-corrected chi connectivity index (χ1v) is 10.2. The molecule has 0 radical (unpaired) electrons. The number of carbonyl (C=O) groups is 2. The number of hydrogen-bond acceptors (Lipinski definition) is 5. The van der Waals surface area contributed by atoms with Gasteiger partial charge >= 0.3 is 6.09 Å². The Hall–Kier alpha value is -2.44. The van der Waals surface area contributed by atoms with Crippen LogP contribution in [0.1, 0.15) is 81.4 Å². The van der Waals surface area contributed by atoms with E-state index in [1.807, 2.05) is 43.5 Å². The summed E-state index contributed by atoms with van der Waals surface area (Å²) in [5, 5.41) is 11.7. The van der Waals surface area contributed by atoms with E-state index in [0.717, 1.165) is 49.9 Å². The van der Waals surface area contributed by atoms with Crippen LogP contribution in [-0.2, 0) is 4.74 Å². The molecule has 1 N–H and O–H groups in total. The van der Waals surface area contributed by atoms with Crippen LogP contribution in [0.4, 0.5) is 4.79 Å². The average Bonchev–Trinajstić information content (AvgIpc) is 3.38. The molecule has 4 rings (SSSR count). The molecule has 2 aromatic rings. The van der Waals surface area contributed by atoms with E-state index in [0.29, 0.717) is 5.65 Å². The SMILES string of the molecule is CC(C)(C)OC(=O)N[C@@H]1CCC[C@H](c2nnc3cc(C(=O)C4CC4)ccn23)C1. The first-order chi connectivity index (χ1) is 13.3. The summed E-state index contributed by atoms with van der Waals surface area (Å²) in [6.45, 7) is 5.59. The van der Waals surface area contributed by atoms with Crippen LogP contribution in [0.15, 0.2) is 18.3 Å². The van der Waals surface area contributed by atoms with Gasteiger partial charge < -0.3 is 10.1 Å². The van der Waals surface area contributed by atoms with Crippen molar-refractivity contribution in [2.45, 2.75) is 76.9 Å². The zero-order chi connectivity index (χ0) is 19.9. The first-order valence-electron chi connectivity index (χ1n) is 10.2. The number of amides is 1. The van der Waals surface area contributed by atoms with Gasteiger partial charge in [-0.05, 0) is 65.0 Å². The van der Waals surface area contributed by atoms with Crippen LogP contribution in [0.2, 0.25) is 0 Å². The van der Waals surface area contributed by atoms with Crippen LogP contribution in [-0.4, -0.2) is 38.1 Å². The van der Waals surface area contributed by atoms with E-state index in [1.54, 1.807) is 0 Å². The highest BCUT2D eigenvalue weighted by atomic mass is 16.6.